The fraction of sp³-hybridized carbons (Fsp3) is 0.143. The Balaban J connectivity index is 2.32. The summed E-state index contributed by atoms with van der Waals surface area (Å²) in [6.45, 7) is 2.32. The summed E-state index contributed by atoms with van der Waals surface area (Å²) in [6, 6.07) is 15.2. The second-order valence-electron chi connectivity index (χ2n) is 4.03. The van der Waals surface area contributed by atoms with Gasteiger partial charge in [0.25, 0.3) is 0 Å². The number of hydrogen-bond donors (Lipinski definition) is 0. The van der Waals surface area contributed by atoms with E-state index in [-0.39, 0.29) is 0 Å². The standard InChI is InChI=1S/C14H13ClN2O/c1-11-6-5-9-13(15)14(11)17(16-18)10-12-7-3-2-4-8-12/h2-9H,10H2,1H3. The van der Waals surface area contributed by atoms with Crippen LogP contribution in [0.4, 0.5) is 5.69 Å². The van der Waals surface area contributed by atoms with Crippen molar-refractivity contribution in [2.45, 2.75) is 13.5 Å². The van der Waals surface area contributed by atoms with Gasteiger partial charge in [-0.25, -0.2) is 5.01 Å². The molecule has 0 heterocycles. The van der Waals surface area contributed by atoms with E-state index >= 15 is 0 Å². The average molecular weight is 261 g/mol. The van der Waals surface area contributed by atoms with E-state index in [2.05, 4.69) is 5.29 Å². The molecule has 0 bridgehead atoms. The molecule has 0 N–H and O–H groups in total. The van der Waals surface area contributed by atoms with Crippen molar-refractivity contribution in [2.75, 3.05) is 5.01 Å². The van der Waals surface area contributed by atoms with Crippen molar-refractivity contribution in [3.63, 3.8) is 0 Å². The van der Waals surface area contributed by atoms with Gasteiger partial charge in [-0.2, -0.15) is 0 Å². The zero-order valence-electron chi connectivity index (χ0n) is 10.0. The maximum absolute atomic E-state index is 11.0. The van der Waals surface area contributed by atoms with Gasteiger partial charge < -0.3 is 0 Å². The van der Waals surface area contributed by atoms with E-state index in [4.69, 9.17) is 11.6 Å². The molecule has 2 aromatic carbocycles. The highest BCUT2D eigenvalue weighted by molar-refractivity contribution is 6.33. The summed E-state index contributed by atoms with van der Waals surface area (Å²) in [4.78, 5) is 11.0. The van der Waals surface area contributed by atoms with E-state index in [1.807, 2.05) is 49.4 Å². The summed E-state index contributed by atoms with van der Waals surface area (Å²) in [7, 11) is 0. The smallest absolute Gasteiger partial charge is 0.0845 e. The quantitative estimate of drug-likeness (QED) is 0.605. The van der Waals surface area contributed by atoms with E-state index in [0.717, 1.165) is 11.1 Å². The molecule has 18 heavy (non-hydrogen) atoms. The van der Waals surface area contributed by atoms with E-state index < -0.39 is 0 Å². The molecule has 0 amide bonds. The van der Waals surface area contributed by atoms with E-state index in [1.165, 1.54) is 5.01 Å². The lowest BCUT2D eigenvalue weighted by Gasteiger charge is -2.18. The van der Waals surface area contributed by atoms with Gasteiger partial charge in [0, 0.05) is 0 Å². The summed E-state index contributed by atoms with van der Waals surface area (Å²) in [5.74, 6) is 0. The minimum atomic E-state index is 0.412. The summed E-state index contributed by atoms with van der Waals surface area (Å²) in [5, 5.41) is 4.99. The molecule has 0 aliphatic carbocycles. The lowest BCUT2D eigenvalue weighted by Crippen LogP contribution is -2.16. The second-order valence-corrected chi connectivity index (χ2v) is 4.44. The van der Waals surface area contributed by atoms with Crippen LogP contribution in [0, 0.1) is 11.8 Å². The van der Waals surface area contributed by atoms with Crippen LogP contribution in [0.2, 0.25) is 5.02 Å². The predicted molar refractivity (Wildman–Crippen MR) is 74.6 cm³/mol. The van der Waals surface area contributed by atoms with Crippen LogP contribution in [0.3, 0.4) is 0 Å². The minimum absolute atomic E-state index is 0.412. The van der Waals surface area contributed by atoms with Crippen LogP contribution < -0.4 is 5.01 Å². The normalized spacial score (nSPS) is 10.1. The molecular formula is C14H13ClN2O. The maximum Gasteiger partial charge on any atom is 0.0845 e. The molecule has 2 aromatic rings. The third-order valence-corrected chi connectivity index (χ3v) is 3.03. The van der Waals surface area contributed by atoms with Gasteiger partial charge in [-0.15, -0.1) is 4.91 Å². The van der Waals surface area contributed by atoms with Gasteiger partial charge in [-0.05, 0) is 24.1 Å². The molecule has 0 aliphatic rings. The first kappa shape index (κ1) is 12.6. The van der Waals surface area contributed by atoms with Crippen molar-refractivity contribution in [3.8, 4) is 0 Å². The van der Waals surface area contributed by atoms with Crippen molar-refractivity contribution in [1.29, 1.82) is 0 Å². The first-order valence-electron chi connectivity index (χ1n) is 5.62. The molecule has 0 aliphatic heterocycles. The zero-order chi connectivity index (χ0) is 13.0. The van der Waals surface area contributed by atoms with Crippen molar-refractivity contribution in [1.82, 2.24) is 0 Å². The van der Waals surface area contributed by atoms with Crippen molar-refractivity contribution in [2.24, 2.45) is 5.29 Å². The molecule has 0 spiro atoms. The molecule has 0 saturated carbocycles. The van der Waals surface area contributed by atoms with Gasteiger partial charge in [0.2, 0.25) is 0 Å². The van der Waals surface area contributed by atoms with Crippen LogP contribution in [0.15, 0.2) is 53.8 Å². The first-order valence-corrected chi connectivity index (χ1v) is 6.00. The first-order chi connectivity index (χ1) is 8.72. The van der Waals surface area contributed by atoms with Gasteiger partial charge in [0.1, 0.15) is 0 Å². The predicted octanol–water partition coefficient (Wildman–Crippen LogP) is 4.34. The number of anilines is 1. The Morgan fingerprint density at radius 1 is 1.11 bits per heavy atom. The van der Waals surface area contributed by atoms with Crippen molar-refractivity contribution < 1.29 is 0 Å². The molecule has 2 rings (SSSR count). The third kappa shape index (κ3) is 2.68. The highest BCUT2D eigenvalue weighted by atomic mass is 35.5. The van der Waals surface area contributed by atoms with Crippen LogP contribution in [-0.4, -0.2) is 0 Å². The number of benzene rings is 2. The third-order valence-electron chi connectivity index (χ3n) is 2.72. The summed E-state index contributed by atoms with van der Waals surface area (Å²) in [5.41, 5.74) is 2.60. The van der Waals surface area contributed by atoms with Crippen molar-refractivity contribution in [3.05, 3.63) is 69.6 Å². The van der Waals surface area contributed by atoms with Crippen LogP contribution in [0.25, 0.3) is 0 Å². The topological polar surface area (TPSA) is 32.7 Å². The minimum Gasteiger partial charge on any atom is -0.223 e. The molecule has 0 unspecified atom stereocenters. The Bertz CT molecular complexity index is 522. The zero-order valence-corrected chi connectivity index (χ0v) is 10.8. The number of halogens is 1. The Labute approximate surface area is 111 Å². The van der Waals surface area contributed by atoms with Crippen LogP contribution >= 0.6 is 11.6 Å². The Kier molecular flexibility index (Phi) is 3.95. The molecule has 0 radical (unpaired) electrons. The number of hydrogen-bond acceptors (Lipinski definition) is 2. The fourth-order valence-corrected chi connectivity index (χ4v) is 2.17. The SMILES string of the molecule is Cc1cccc(Cl)c1N(Cc1ccccc1)N=O. The molecule has 4 heteroatoms. The van der Waals surface area contributed by atoms with Gasteiger partial charge in [-0.1, -0.05) is 54.1 Å². The number of nitroso groups, excluding NO2 is 1. The Morgan fingerprint density at radius 2 is 1.83 bits per heavy atom. The van der Waals surface area contributed by atoms with Crippen LogP contribution in [0.5, 0.6) is 0 Å². The number of rotatable bonds is 4. The molecule has 0 fully saturated rings. The Hall–Kier alpha value is -1.87. The number of aryl methyl sites for hydroxylation is 1. The van der Waals surface area contributed by atoms with E-state index in [0.29, 0.717) is 17.3 Å². The summed E-state index contributed by atoms with van der Waals surface area (Å²) >= 11 is 6.13. The molecule has 0 atom stereocenters. The number of para-hydroxylation sites is 1. The van der Waals surface area contributed by atoms with E-state index in [1.54, 1.807) is 6.07 Å². The fourth-order valence-electron chi connectivity index (χ4n) is 1.86. The molecular weight excluding hydrogens is 248 g/mol. The molecule has 92 valence electrons. The lowest BCUT2D eigenvalue weighted by molar-refractivity contribution is 0.843. The summed E-state index contributed by atoms with van der Waals surface area (Å²) < 4.78 is 0. The lowest BCUT2D eigenvalue weighted by atomic mass is 10.1. The van der Waals surface area contributed by atoms with Crippen LogP contribution in [0.1, 0.15) is 11.1 Å². The largest absolute Gasteiger partial charge is 0.223 e. The van der Waals surface area contributed by atoms with E-state index in [9.17, 15) is 4.91 Å². The van der Waals surface area contributed by atoms with Gasteiger partial charge in [-0.3, -0.25) is 0 Å². The van der Waals surface area contributed by atoms with Crippen molar-refractivity contribution >= 4 is 17.3 Å². The number of nitrogens with zero attached hydrogens (tertiary/aromatic N) is 2. The van der Waals surface area contributed by atoms with Gasteiger partial charge in [0.05, 0.1) is 22.5 Å². The summed E-state index contributed by atoms with van der Waals surface area (Å²) in [6.07, 6.45) is 0. The molecule has 0 aromatic heterocycles. The average Bonchev–Trinajstić information content (AvgIpc) is 2.38. The Morgan fingerprint density at radius 3 is 2.44 bits per heavy atom. The molecule has 3 nitrogen and oxygen atoms in total. The highest BCUT2D eigenvalue weighted by Gasteiger charge is 2.13. The molecule has 0 saturated heterocycles. The highest BCUT2D eigenvalue weighted by Crippen LogP contribution is 2.30. The second kappa shape index (κ2) is 5.65. The van der Waals surface area contributed by atoms with Gasteiger partial charge >= 0.3 is 0 Å². The van der Waals surface area contributed by atoms with Crippen LogP contribution in [-0.2, 0) is 6.54 Å². The van der Waals surface area contributed by atoms with Gasteiger partial charge in [0.15, 0.2) is 0 Å². The monoisotopic (exact) mass is 260 g/mol. The maximum atomic E-state index is 11.0.